The molecule has 1 aliphatic carbocycles. The van der Waals surface area contributed by atoms with E-state index in [1.54, 1.807) is 12.1 Å². The zero-order valence-electron chi connectivity index (χ0n) is 8.16. The summed E-state index contributed by atoms with van der Waals surface area (Å²) in [6, 6.07) is 7.29. The number of hydrogen-bond acceptors (Lipinski definition) is 2. The molecule has 0 spiro atoms. The molecule has 0 aliphatic heterocycles. The Hall–Kier alpha value is -1.83. The lowest BCUT2D eigenvalue weighted by Gasteiger charge is -2.05. The van der Waals surface area contributed by atoms with Crippen molar-refractivity contribution in [2.75, 3.05) is 0 Å². The van der Waals surface area contributed by atoms with E-state index >= 15 is 0 Å². The first-order valence-electron chi connectivity index (χ1n) is 5.03. The van der Waals surface area contributed by atoms with Crippen molar-refractivity contribution in [2.45, 2.75) is 12.8 Å². The van der Waals surface area contributed by atoms with Crippen LogP contribution >= 0.6 is 0 Å². The largest absolute Gasteiger partial charge is 0.507 e. The molecule has 0 saturated carbocycles. The van der Waals surface area contributed by atoms with Gasteiger partial charge in [0.05, 0.1) is 0 Å². The number of hydrogen-bond donors (Lipinski definition) is 1. The van der Waals surface area contributed by atoms with Crippen LogP contribution in [0, 0.1) is 0 Å². The molecule has 0 amide bonds. The van der Waals surface area contributed by atoms with Crippen molar-refractivity contribution in [3.8, 4) is 5.75 Å². The summed E-state index contributed by atoms with van der Waals surface area (Å²) in [5.41, 5.74) is 3.08. The Morgan fingerprint density at radius 1 is 1.13 bits per heavy atom. The van der Waals surface area contributed by atoms with Gasteiger partial charge in [-0.05, 0) is 41.5 Å². The van der Waals surface area contributed by atoms with Gasteiger partial charge in [-0.1, -0.05) is 12.1 Å². The second kappa shape index (κ2) is 2.83. The lowest BCUT2D eigenvalue weighted by Crippen LogP contribution is -1.89. The van der Waals surface area contributed by atoms with E-state index in [1.165, 1.54) is 5.56 Å². The van der Waals surface area contributed by atoms with E-state index < -0.39 is 0 Å². The topological polar surface area (TPSA) is 37.3 Å². The van der Waals surface area contributed by atoms with Crippen molar-refractivity contribution in [1.29, 1.82) is 0 Å². The van der Waals surface area contributed by atoms with Gasteiger partial charge in [0.1, 0.15) is 12.0 Å². The average Bonchev–Trinajstić information content (AvgIpc) is 2.69. The molecule has 1 N–H and O–H groups in total. The van der Waals surface area contributed by atoms with Gasteiger partial charge in [0.2, 0.25) is 0 Å². The van der Waals surface area contributed by atoms with Gasteiger partial charge < -0.3 is 5.11 Å². The highest BCUT2D eigenvalue weighted by atomic mass is 16.3. The van der Waals surface area contributed by atoms with Gasteiger partial charge in [0, 0.05) is 10.9 Å². The zero-order chi connectivity index (χ0) is 10.4. The second-order valence-electron chi connectivity index (χ2n) is 3.92. The fraction of sp³-hybridized carbons (Fsp3) is 0.154. The van der Waals surface area contributed by atoms with Crippen molar-refractivity contribution in [1.82, 2.24) is 0 Å². The number of aromatic hydroxyl groups is 1. The lowest BCUT2D eigenvalue weighted by molar-refractivity contribution is 0.112. The van der Waals surface area contributed by atoms with Crippen LogP contribution in [0.25, 0.3) is 10.8 Å². The van der Waals surface area contributed by atoms with E-state index in [0.717, 1.165) is 41.0 Å². The van der Waals surface area contributed by atoms with Gasteiger partial charge in [-0.3, -0.25) is 4.79 Å². The summed E-state index contributed by atoms with van der Waals surface area (Å²) in [7, 11) is 0. The number of carbonyl (C=O) groups is 1. The minimum Gasteiger partial charge on any atom is -0.507 e. The predicted molar refractivity (Wildman–Crippen MR) is 58.4 cm³/mol. The average molecular weight is 198 g/mol. The number of rotatable bonds is 1. The van der Waals surface area contributed by atoms with Gasteiger partial charge in [0.25, 0.3) is 0 Å². The molecule has 0 atom stereocenters. The minimum atomic E-state index is 0.300. The molecule has 1 aliphatic rings. The molecule has 0 heterocycles. The molecule has 0 aromatic heterocycles. The maximum atomic E-state index is 10.9. The summed E-state index contributed by atoms with van der Waals surface area (Å²) in [4.78, 5) is 10.9. The highest BCUT2D eigenvalue weighted by Gasteiger charge is 2.18. The van der Waals surface area contributed by atoms with Crippen LogP contribution in [-0.2, 0) is 12.8 Å². The Bertz CT molecular complexity index is 570. The third-order valence-electron chi connectivity index (χ3n) is 3.16. The fourth-order valence-electron chi connectivity index (χ4n) is 2.44. The molecule has 15 heavy (non-hydrogen) atoms. The third kappa shape index (κ3) is 1.02. The molecule has 0 radical (unpaired) electrons. The SMILES string of the molecule is O=Cc1ccc2c(O)ccc3c2c1CC3. The van der Waals surface area contributed by atoms with Crippen molar-refractivity contribution in [2.24, 2.45) is 0 Å². The lowest BCUT2D eigenvalue weighted by atomic mass is 10.0. The normalized spacial score (nSPS) is 13.3. The number of benzene rings is 2. The molecule has 0 unspecified atom stereocenters. The summed E-state index contributed by atoms with van der Waals surface area (Å²) < 4.78 is 0. The Morgan fingerprint density at radius 3 is 2.80 bits per heavy atom. The summed E-state index contributed by atoms with van der Waals surface area (Å²) in [5.74, 6) is 0.300. The first-order chi connectivity index (χ1) is 7.31. The molecule has 2 aromatic rings. The van der Waals surface area contributed by atoms with Crippen LogP contribution in [-0.4, -0.2) is 11.4 Å². The Labute approximate surface area is 87.2 Å². The maximum Gasteiger partial charge on any atom is 0.150 e. The van der Waals surface area contributed by atoms with Crippen LogP contribution in [0.2, 0.25) is 0 Å². The maximum absolute atomic E-state index is 10.9. The Kier molecular flexibility index (Phi) is 1.60. The van der Waals surface area contributed by atoms with Gasteiger partial charge in [-0.25, -0.2) is 0 Å². The Morgan fingerprint density at radius 2 is 2.00 bits per heavy atom. The molecule has 2 aromatic carbocycles. The zero-order valence-corrected chi connectivity index (χ0v) is 8.16. The summed E-state index contributed by atoms with van der Waals surface area (Å²) in [5, 5.41) is 11.7. The second-order valence-corrected chi connectivity index (χ2v) is 3.92. The summed E-state index contributed by atoms with van der Waals surface area (Å²) in [6.07, 6.45) is 2.77. The van der Waals surface area contributed by atoms with Crippen molar-refractivity contribution < 1.29 is 9.90 Å². The van der Waals surface area contributed by atoms with Crippen LogP contribution < -0.4 is 0 Å². The number of phenols is 1. The monoisotopic (exact) mass is 198 g/mol. The van der Waals surface area contributed by atoms with Crippen LogP contribution in [0.3, 0.4) is 0 Å². The van der Waals surface area contributed by atoms with Crippen molar-refractivity contribution in [3.05, 3.63) is 41.0 Å². The van der Waals surface area contributed by atoms with Crippen LogP contribution in [0.1, 0.15) is 21.5 Å². The van der Waals surface area contributed by atoms with E-state index in [2.05, 4.69) is 0 Å². The quantitative estimate of drug-likeness (QED) is 0.714. The highest BCUT2D eigenvalue weighted by molar-refractivity contribution is 5.99. The summed E-state index contributed by atoms with van der Waals surface area (Å²) >= 11 is 0. The highest BCUT2D eigenvalue weighted by Crippen LogP contribution is 2.36. The summed E-state index contributed by atoms with van der Waals surface area (Å²) in [6.45, 7) is 0. The standard InChI is InChI=1S/C13H10O2/c14-7-9-2-5-11-12(15)6-3-8-1-4-10(9)13(8)11/h2-3,5-7,15H,1,4H2. The van der Waals surface area contributed by atoms with Gasteiger partial charge in [-0.15, -0.1) is 0 Å². The predicted octanol–water partition coefficient (Wildman–Crippen LogP) is 2.46. The molecule has 0 saturated heterocycles. The number of phenolic OH excluding ortho intramolecular Hbond substituents is 1. The smallest absolute Gasteiger partial charge is 0.150 e. The van der Waals surface area contributed by atoms with E-state index in [1.807, 2.05) is 12.1 Å². The molecule has 0 fully saturated rings. The molecule has 2 nitrogen and oxygen atoms in total. The van der Waals surface area contributed by atoms with Crippen LogP contribution in [0.15, 0.2) is 24.3 Å². The Balaban J connectivity index is 2.52. The molecule has 2 heteroatoms. The first-order valence-corrected chi connectivity index (χ1v) is 5.03. The molecular weight excluding hydrogens is 188 g/mol. The van der Waals surface area contributed by atoms with Gasteiger partial charge >= 0.3 is 0 Å². The van der Waals surface area contributed by atoms with Crippen molar-refractivity contribution in [3.63, 3.8) is 0 Å². The fourth-order valence-corrected chi connectivity index (χ4v) is 2.44. The van der Waals surface area contributed by atoms with Crippen molar-refractivity contribution >= 4 is 17.1 Å². The minimum absolute atomic E-state index is 0.300. The van der Waals surface area contributed by atoms with Crippen LogP contribution in [0.5, 0.6) is 5.75 Å². The van der Waals surface area contributed by atoms with Crippen LogP contribution in [0.4, 0.5) is 0 Å². The molecule has 3 rings (SSSR count). The van der Waals surface area contributed by atoms with E-state index in [4.69, 9.17) is 0 Å². The number of aldehydes is 1. The van der Waals surface area contributed by atoms with E-state index in [-0.39, 0.29) is 0 Å². The molecular formula is C13H10O2. The van der Waals surface area contributed by atoms with Gasteiger partial charge in [0.15, 0.2) is 0 Å². The van der Waals surface area contributed by atoms with Gasteiger partial charge in [-0.2, -0.15) is 0 Å². The third-order valence-corrected chi connectivity index (χ3v) is 3.16. The molecule has 0 bridgehead atoms. The molecule has 74 valence electrons. The number of carbonyl (C=O) groups excluding carboxylic acids is 1. The van der Waals surface area contributed by atoms with E-state index in [9.17, 15) is 9.90 Å². The first kappa shape index (κ1) is 8.48. The number of aryl methyl sites for hydroxylation is 2. The van der Waals surface area contributed by atoms with E-state index in [0.29, 0.717) is 5.75 Å².